The lowest BCUT2D eigenvalue weighted by atomic mass is 9.99. The molecular weight excluding hydrogens is 809 g/mol. The maximum absolute atomic E-state index is 14.5. The molecule has 11 heteroatoms. The minimum atomic E-state index is -5.04. The number of nitrogens with zero attached hydrogens (tertiary/aromatic N) is 3. The topological polar surface area (TPSA) is 22.8 Å². The van der Waals surface area contributed by atoms with Crippen molar-refractivity contribution in [1.29, 1.82) is 0 Å². The lowest BCUT2D eigenvalue weighted by molar-refractivity contribution is -0.143. The number of pyridine rings is 1. The molecule has 0 aliphatic carbocycles. The first-order valence-corrected chi connectivity index (χ1v) is 20.6. The van der Waals surface area contributed by atoms with E-state index in [4.69, 9.17) is 4.98 Å². The van der Waals surface area contributed by atoms with E-state index in [-0.39, 0.29) is 17.2 Å². The fraction of sp³-hybridized carbons (Fsp3) is 0.0408. The van der Waals surface area contributed by atoms with E-state index in [1.54, 1.807) is 34.8 Å². The van der Waals surface area contributed by atoms with Gasteiger partial charge in [-0.15, -0.1) is 22.7 Å². The molecule has 3 nitrogen and oxygen atoms in total. The molecule has 5 aromatic heterocycles. The van der Waals surface area contributed by atoms with Gasteiger partial charge < -0.3 is 0 Å². The van der Waals surface area contributed by atoms with Crippen molar-refractivity contribution in [3.63, 3.8) is 0 Å². The second-order valence-corrected chi connectivity index (χ2v) is 17.1. The first-order chi connectivity index (χ1) is 29.0. The normalized spacial score (nSPS) is 12.8. The van der Waals surface area contributed by atoms with Crippen LogP contribution in [0.2, 0.25) is 0 Å². The van der Waals surface area contributed by atoms with Crippen molar-refractivity contribution in [2.45, 2.75) is 12.4 Å². The molecule has 0 saturated carbocycles. The predicted octanol–water partition coefficient (Wildman–Crippen LogP) is 15.7. The first-order valence-electron chi connectivity index (χ1n) is 19.0. The van der Waals surface area contributed by atoms with Crippen molar-refractivity contribution in [3.8, 4) is 22.8 Å². The molecule has 60 heavy (non-hydrogen) atoms. The van der Waals surface area contributed by atoms with E-state index in [0.717, 1.165) is 96.1 Å². The summed E-state index contributed by atoms with van der Waals surface area (Å²) in [6, 6.07) is 45.3. The second-order valence-electron chi connectivity index (χ2n) is 14.9. The van der Waals surface area contributed by atoms with Gasteiger partial charge in [-0.05, 0) is 77.9 Å². The van der Waals surface area contributed by atoms with Crippen LogP contribution in [0.15, 0.2) is 152 Å². The van der Waals surface area contributed by atoms with Crippen molar-refractivity contribution >= 4 is 107 Å². The maximum atomic E-state index is 14.5. The molecule has 0 fully saturated rings. The third-order valence-electron chi connectivity index (χ3n) is 11.5. The quantitative estimate of drug-likeness (QED) is 0.163. The fourth-order valence-corrected chi connectivity index (χ4v) is 11.2. The fourth-order valence-electron chi connectivity index (χ4n) is 9.03. The number of thiophene rings is 2. The number of para-hydroxylation sites is 2. The number of halogens is 6. The predicted molar refractivity (Wildman–Crippen MR) is 234 cm³/mol. The summed E-state index contributed by atoms with van der Waals surface area (Å²) < 4.78 is 95.0. The average molecular weight is 834 g/mol. The Hall–Kier alpha value is -6.69. The van der Waals surface area contributed by atoms with Crippen molar-refractivity contribution in [2.75, 3.05) is 0 Å². The van der Waals surface area contributed by atoms with Gasteiger partial charge >= 0.3 is 12.4 Å². The van der Waals surface area contributed by atoms with Gasteiger partial charge in [-0.2, -0.15) is 26.3 Å². The zero-order valence-electron chi connectivity index (χ0n) is 30.9. The average Bonchev–Trinajstić information content (AvgIpc) is 4.00. The highest BCUT2D eigenvalue weighted by Gasteiger charge is 2.37. The summed E-state index contributed by atoms with van der Waals surface area (Å²) in [7, 11) is 0. The molecule has 12 aromatic rings. The van der Waals surface area contributed by atoms with Crippen molar-refractivity contribution in [2.24, 2.45) is 0 Å². The standard InChI is InChI=1S/C49H25F6N3S2/c50-48(51,52)28-21-26(22-29(25-28)49(53,54)55)27-23-42(57-36-13-5-1-9-30(36)32-17-19-40-44(46(32)57)34-11-3-7-15-38(34)59-40)56-43(24-27)58-37-14-6-2-10-31(37)33-18-20-41-45(47(33)58)35-12-4-8-16-39(35)60-41/h1-25H. The molecule has 7 aromatic carbocycles. The van der Waals surface area contributed by atoms with Crippen LogP contribution in [0.1, 0.15) is 11.1 Å². The van der Waals surface area contributed by atoms with Crippen LogP contribution in [-0.4, -0.2) is 14.1 Å². The van der Waals surface area contributed by atoms with E-state index in [1.165, 1.54) is 0 Å². The summed E-state index contributed by atoms with van der Waals surface area (Å²) in [5.74, 6) is 0.687. The number of aromatic nitrogens is 3. The summed E-state index contributed by atoms with van der Waals surface area (Å²) in [6.07, 6.45) is -10.1. The minimum Gasteiger partial charge on any atom is -0.293 e. The molecule has 0 spiro atoms. The van der Waals surface area contributed by atoms with Crippen LogP contribution in [0.25, 0.3) is 107 Å². The summed E-state index contributed by atoms with van der Waals surface area (Å²) in [5, 5.41) is 7.78. The highest BCUT2D eigenvalue weighted by molar-refractivity contribution is 7.26. The van der Waals surface area contributed by atoms with Crippen LogP contribution in [0, 0.1) is 0 Å². The van der Waals surface area contributed by atoms with Gasteiger partial charge in [-0.25, -0.2) is 4.98 Å². The molecule has 12 rings (SSSR count). The Morgan fingerprint density at radius 2 is 0.783 bits per heavy atom. The third-order valence-corrected chi connectivity index (χ3v) is 13.8. The zero-order valence-corrected chi connectivity index (χ0v) is 32.5. The van der Waals surface area contributed by atoms with Crippen molar-refractivity contribution in [3.05, 3.63) is 163 Å². The molecule has 5 heterocycles. The number of hydrogen-bond donors (Lipinski definition) is 0. The maximum Gasteiger partial charge on any atom is 0.416 e. The van der Waals surface area contributed by atoms with Gasteiger partial charge in [-0.3, -0.25) is 9.13 Å². The van der Waals surface area contributed by atoms with Crippen LogP contribution in [0.5, 0.6) is 0 Å². The molecule has 0 atom stereocenters. The molecule has 0 aliphatic heterocycles. The minimum absolute atomic E-state index is 0.146. The van der Waals surface area contributed by atoms with Gasteiger partial charge in [0.1, 0.15) is 11.6 Å². The Bertz CT molecular complexity index is 3530. The lowest BCUT2D eigenvalue weighted by Gasteiger charge is -2.17. The lowest BCUT2D eigenvalue weighted by Crippen LogP contribution is -2.11. The Labute approximate surface area is 343 Å². The molecule has 0 amide bonds. The van der Waals surface area contributed by atoms with Crippen LogP contribution in [-0.2, 0) is 12.4 Å². The van der Waals surface area contributed by atoms with Crippen LogP contribution in [0.3, 0.4) is 0 Å². The molecule has 0 unspecified atom stereocenters. The molecule has 0 aliphatic rings. The van der Waals surface area contributed by atoms with E-state index in [9.17, 15) is 26.3 Å². The molecule has 0 radical (unpaired) electrons. The number of fused-ring (bicyclic) bond motifs is 14. The molecular formula is C49H25F6N3S2. The van der Waals surface area contributed by atoms with Crippen LogP contribution >= 0.6 is 22.7 Å². The number of alkyl halides is 6. The second kappa shape index (κ2) is 12.4. The SMILES string of the molecule is FC(F)(F)c1cc(-c2cc(-n3c4ccccc4c4ccc5sc6ccccc6c5c43)nc(-n3c4ccccc4c4ccc5sc6ccccc6c5c43)c2)cc(C(F)(F)F)c1. The van der Waals surface area contributed by atoms with Gasteiger partial charge in [0.05, 0.1) is 33.2 Å². The highest BCUT2D eigenvalue weighted by atomic mass is 32.1. The summed E-state index contributed by atoms with van der Waals surface area (Å²) >= 11 is 3.31. The van der Waals surface area contributed by atoms with Gasteiger partial charge in [0, 0.05) is 61.9 Å². The smallest absolute Gasteiger partial charge is 0.293 e. The monoisotopic (exact) mass is 833 g/mol. The highest BCUT2D eigenvalue weighted by Crippen LogP contribution is 2.46. The molecule has 0 bridgehead atoms. The summed E-state index contributed by atoms with van der Waals surface area (Å²) in [4.78, 5) is 5.42. The Morgan fingerprint density at radius 1 is 0.383 bits per heavy atom. The van der Waals surface area contributed by atoms with Gasteiger partial charge in [0.25, 0.3) is 0 Å². The van der Waals surface area contributed by atoms with Crippen LogP contribution < -0.4 is 0 Å². The van der Waals surface area contributed by atoms with Crippen LogP contribution in [0.4, 0.5) is 26.3 Å². The Balaban J connectivity index is 1.27. The van der Waals surface area contributed by atoms with E-state index in [0.29, 0.717) is 11.6 Å². The zero-order chi connectivity index (χ0) is 40.7. The molecule has 0 N–H and O–H groups in total. The Morgan fingerprint density at radius 3 is 1.23 bits per heavy atom. The van der Waals surface area contributed by atoms with Gasteiger partial charge in [0.15, 0.2) is 0 Å². The number of hydrogen-bond acceptors (Lipinski definition) is 3. The van der Waals surface area contributed by atoms with E-state index in [2.05, 4.69) is 48.5 Å². The number of rotatable bonds is 3. The van der Waals surface area contributed by atoms with E-state index in [1.807, 2.05) is 81.9 Å². The number of benzene rings is 7. The van der Waals surface area contributed by atoms with E-state index >= 15 is 0 Å². The van der Waals surface area contributed by atoms with Gasteiger partial charge in [-0.1, -0.05) is 84.9 Å². The van der Waals surface area contributed by atoms with Crippen molar-refractivity contribution < 1.29 is 26.3 Å². The summed E-state index contributed by atoms with van der Waals surface area (Å²) in [5.41, 5.74) is 0.399. The van der Waals surface area contributed by atoms with E-state index < -0.39 is 23.5 Å². The molecule has 290 valence electrons. The third kappa shape index (κ3) is 5.12. The Kier molecular flexibility index (Phi) is 7.30. The van der Waals surface area contributed by atoms with Crippen molar-refractivity contribution in [1.82, 2.24) is 14.1 Å². The van der Waals surface area contributed by atoms with Gasteiger partial charge in [0.2, 0.25) is 0 Å². The first kappa shape index (κ1) is 35.3. The largest absolute Gasteiger partial charge is 0.416 e. The summed E-state index contributed by atoms with van der Waals surface area (Å²) in [6.45, 7) is 0. The molecule has 0 saturated heterocycles.